The lowest BCUT2D eigenvalue weighted by Crippen LogP contribution is -2.42. The van der Waals surface area contributed by atoms with Crippen molar-refractivity contribution in [3.8, 4) is 5.75 Å². The summed E-state index contributed by atoms with van der Waals surface area (Å²) in [5.74, 6) is 1.90. The molecule has 132 valence electrons. The van der Waals surface area contributed by atoms with Crippen LogP contribution in [-0.4, -0.2) is 36.7 Å². The molecule has 2 saturated carbocycles. The molecule has 1 aromatic carbocycles. The van der Waals surface area contributed by atoms with Crippen molar-refractivity contribution in [3.63, 3.8) is 0 Å². The molecule has 0 heterocycles. The van der Waals surface area contributed by atoms with Gasteiger partial charge in [-0.3, -0.25) is 4.99 Å². The van der Waals surface area contributed by atoms with Crippen molar-refractivity contribution in [3.05, 3.63) is 29.8 Å². The largest absolute Gasteiger partial charge is 0.490 e. The van der Waals surface area contributed by atoms with E-state index in [-0.39, 0.29) is 0 Å². The quantitative estimate of drug-likeness (QED) is 0.610. The van der Waals surface area contributed by atoms with Crippen molar-refractivity contribution < 1.29 is 4.74 Å². The molecule has 2 unspecified atom stereocenters. The summed E-state index contributed by atoms with van der Waals surface area (Å²) >= 11 is 1.98. The Morgan fingerprint density at radius 1 is 1.25 bits per heavy atom. The Morgan fingerprint density at radius 3 is 2.75 bits per heavy atom. The van der Waals surface area contributed by atoms with E-state index in [1.54, 1.807) is 0 Å². The van der Waals surface area contributed by atoms with E-state index in [9.17, 15) is 0 Å². The summed E-state index contributed by atoms with van der Waals surface area (Å²) < 4.78 is 6.11. The first-order valence-electron chi connectivity index (χ1n) is 9.03. The molecule has 5 heteroatoms. The number of ether oxygens (including phenoxy) is 1. The van der Waals surface area contributed by atoms with E-state index in [2.05, 4.69) is 40.1 Å². The second-order valence-corrected chi connectivity index (χ2v) is 7.85. The first-order chi connectivity index (χ1) is 11.8. The van der Waals surface area contributed by atoms with Crippen LogP contribution in [0.2, 0.25) is 0 Å². The SMILES string of the molecule is CN=C(NCc1ccccc1OC1CCC1)NC1CCC(SC)C1. The average Bonchev–Trinajstić information content (AvgIpc) is 3.03. The fraction of sp³-hybridized carbons (Fsp3) is 0.632. The third-order valence-electron chi connectivity index (χ3n) is 5.05. The van der Waals surface area contributed by atoms with Gasteiger partial charge in [-0.25, -0.2) is 0 Å². The second-order valence-electron chi connectivity index (χ2n) is 6.72. The molecular formula is C19H29N3OS. The minimum atomic E-state index is 0.408. The maximum absolute atomic E-state index is 6.11. The van der Waals surface area contributed by atoms with E-state index in [0.29, 0.717) is 12.1 Å². The van der Waals surface area contributed by atoms with Gasteiger partial charge in [0.2, 0.25) is 0 Å². The van der Waals surface area contributed by atoms with E-state index in [1.807, 2.05) is 24.9 Å². The average molecular weight is 348 g/mol. The number of nitrogens with one attached hydrogen (secondary N) is 2. The van der Waals surface area contributed by atoms with Gasteiger partial charge >= 0.3 is 0 Å². The molecule has 2 atom stereocenters. The molecule has 0 bridgehead atoms. The summed E-state index contributed by atoms with van der Waals surface area (Å²) in [5, 5.41) is 7.80. The Hall–Kier alpha value is -1.36. The van der Waals surface area contributed by atoms with E-state index in [1.165, 1.54) is 44.1 Å². The molecule has 0 aromatic heterocycles. The summed E-state index contributed by atoms with van der Waals surface area (Å²) in [4.78, 5) is 4.38. The van der Waals surface area contributed by atoms with Crippen molar-refractivity contribution in [1.82, 2.24) is 10.6 Å². The number of hydrogen-bond donors (Lipinski definition) is 2. The second kappa shape index (κ2) is 8.65. The van der Waals surface area contributed by atoms with Gasteiger partial charge in [0, 0.05) is 30.4 Å². The fourth-order valence-corrected chi connectivity index (χ4v) is 4.08. The van der Waals surface area contributed by atoms with Gasteiger partial charge < -0.3 is 15.4 Å². The van der Waals surface area contributed by atoms with Gasteiger partial charge in [-0.15, -0.1) is 0 Å². The van der Waals surface area contributed by atoms with Crippen molar-refractivity contribution >= 4 is 17.7 Å². The predicted octanol–water partition coefficient (Wildman–Crippen LogP) is 3.57. The highest BCUT2D eigenvalue weighted by molar-refractivity contribution is 7.99. The van der Waals surface area contributed by atoms with Crippen molar-refractivity contribution in [2.75, 3.05) is 13.3 Å². The fourth-order valence-electron chi connectivity index (χ4n) is 3.29. The highest BCUT2D eigenvalue weighted by atomic mass is 32.2. The number of nitrogens with zero attached hydrogens (tertiary/aromatic N) is 1. The van der Waals surface area contributed by atoms with Crippen molar-refractivity contribution in [2.45, 2.75) is 62.5 Å². The van der Waals surface area contributed by atoms with E-state index < -0.39 is 0 Å². The van der Waals surface area contributed by atoms with Crippen molar-refractivity contribution in [1.29, 1.82) is 0 Å². The zero-order chi connectivity index (χ0) is 16.8. The number of benzene rings is 1. The predicted molar refractivity (Wildman–Crippen MR) is 103 cm³/mol. The lowest BCUT2D eigenvalue weighted by Gasteiger charge is -2.27. The van der Waals surface area contributed by atoms with E-state index >= 15 is 0 Å². The van der Waals surface area contributed by atoms with Crippen LogP contribution in [-0.2, 0) is 6.54 Å². The van der Waals surface area contributed by atoms with Gasteiger partial charge in [0.15, 0.2) is 5.96 Å². The van der Waals surface area contributed by atoms with Crippen LogP contribution in [0.3, 0.4) is 0 Å². The Balaban J connectivity index is 1.52. The zero-order valence-electron chi connectivity index (χ0n) is 14.8. The van der Waals surface area contributed by atoms with Crippen LogP contribution in [0.1, 0.15) is 44.1 Å². The molecule has 0 saturated heterocycles. The molecule has 0 aliphatic heterocycles. The first-order valence-corrected chi connectivity index (χ1v) is 10.3. The van der Waals surface area contributed by atoms with Crippen molar-refractivity contribution in [2.24, 2.45) is 4.99 Å². The molecule has 2 aliphatic carbocycles. The summed E-state index contributed by atoms with van der Waals surface area (Å²) in [6, 6.07) is 8.86. The molecule has 4 nitrogen and oxygen atoms in total. The number of guanidine groups is 1. The monoisotopic (exact) mass is 347 g/mol. The van der Waals surface area contributed by atoms with Gasteiger partial charge in [0.25, 0.3) is 0 Å². The Morgan fingerprint density at radius 2 is 2.08 bits per heavy atom. The topological polar surface area (TPSA) is 45.7 Å². The van der Waals surface area contributed by atoms with Crippen LogP contribution >= 0.6 is 11.8 Å². The van der Waals surface area contributed by atoms with Crippen LogP contribution < -0.4 is 15.4 Å². The number of hydrogen-bond acceptors (Lipinski definition) is 3. The van der Waals surface area contributed by atoms with Gasteiger partial charge in [-0.1, -0.05) is 18.2 Å². The number of para-hydroxylation sites is 1. The van der Waals surface area contributed by atoms with Gasteiger partial charge in [0.05, 0.1) is 6.10 Å². The molecular weight excluding hydrogens is 318 g/mol. The van der Waals surface area contributed by atoms with Crippen LogP contribution in [0.4, 0.5) is 0 Å². The highest BCUT2D eigenvalue weighted by Gasteiger charge is 2.24. The standard InChI is InChI=1S/C19H29N3OS/c1-20-19(22-15-10-11-17(12-15)24-2)21-13-14-6-3-4-9-18(14)23-16-7-5-8-16/h3-4,6,9,15-17H,5,7-8,10-13H2,1-2H3,(H2,20,21,22). The third kappa shape index (κ3) is 4.59. The lowest BCUT2D eigenvalue weighted by atomic mass is 9.96. The summed E-state index contributed by atoms with van der Waals surface area (Å²) in [6.45, 7) is 0.737. The van der Waals surface area contributed by atoms with Crippen LogP contribution in [0.15, 0.2) is 29.3 Å². The summed E-state index contributed by atoms with van der Waals surface area (Å²) in [6.07, 6.45) is 10.0. The molecule has 2 fully saturated rings. The third-order valence-corrected chi connectivity index (χ3v) is 6.14. The smallest absolute Gasteiger partial charge is 0.191 e. The first kappa shape index (κ1) is 17.5. The number of thioether (sulfide) groups is 1. The van der Waals surface area contributed by atoms with Gasteiger partial charge in [-0.2, -0.15) is 11.8 Å². The van der Waals surface area contributed by atoms with Gasteiger partial charge in [0.1, 0.15) is 5.75 Å². The maximum atomic E-state index is 6.11. The molecule has 0 spiro atoms. The lowest BCUT2D eigenvalue weighted by molar-refractivity contribution is 0.119. The van der Waals surface area contributed by atoms with E-state index in [4.69, 9.17) is 4.74 Å². The number of rotatable bonds is 6. The van der Waals surface area contributed by atoms with Crippen LogP contribution in [0.25, 0.3) is 0 Å². The minimum Gasteiger partial charge on any atom is -0.490 e. The Labute approximate surface area is 149 Å². The maximum Gasteiger partial charge on any atom is 0.191 e. The molecule has 24 heavy (non-hydrogen) atoms. The highest BCUT2D eigenvalue weighted by Crippen LogP contribution is 2.29. The zero-order valence-corrected chi connectivity index (χ0v) is 15.6. The molecule has 2 N–H and O–H groups in total. The summed E-state index contributed by atoms with van der Waals surface area (Å²) in [5.41, 5.74) is 1.20. The Kier molecular flexibility index (Phi) is 6.30. The summed E-state index contributed by atoms with van der Waals surface area (Å²) in [7, 11) is 1.84. The molecule has 0 amide bonds. The molecule has 1 aromatic rings. The normalized spacial score (nSPS) is 24.5. The van der Waals surface area contributed by atoms with Crippen LogP contribution in [0.5, 0.6) is 5.75 Å². The minimum absolute atomic E-state index is 0.408. The van der Waals surface area contributed by atoms with Gasteiger partial charge in [-0.05, 0) is 50.8 Å². The molecule has 2 aliphatic rings. The number of aliphatic imine (C=N–C) groups is 1. The Bertz CT molecular complexity index is 559. The van der Waals surface area contributed by atoms with E-state index in [0.717, 1.165) is 23.5 Å². The molecule has 0 radical (unpaired) electrons. The van der Waals surface area contributed by atoms with Crippen LogP contribution in [0, 0.1) is 0 Å². The molecule has 3 rings (SSSR count).